The molecule has 0 unspecified atom stereocenters. The van der Waals surface area contributed by atoms with Crippen molar-refractivity contribution < 1.29 is 4.74 Å². The third kappa shape index (κ3) is 5.70. The molecule has 0 saturated carbocycles. The van der Waals surface area contributed by atoms with Crippen molar-refractivity contribution in [3.8, 4) is 5.75 Å². The minimum absolute atomic E-state index is 0.557. The van der Waals surface area contributed by atoms with Crippen molar-refractivity contribution in [2.75, 3.05) is 13.7 Å². The van der Waals surface area contributed by atoms with Gasteiger partial charge in [-0.1, -0.05) is 13.3 Å². The minimum Gasteiger partial charge on any atom is -0.497 e. The zero-order valence-electron chi connectivity index (χ0n) is 11.7. The lowest BCUT2D eigenvalue weighted by molar-refractivity contribution is 0.415. The van der Waals surface area contributed by atoms with Crippen LogP contribution in [-0.4, -0.2) is 24.5 Å². The van der Waals surface area contributed by atoms with Gasteiger partial charge in [0.15, 0.2) is 5.11 Å². The maximum Gasteiger partial charge on any atom is 0.186 e. The Kier molecular flexibility index (Phi) is 6.89. The molecule has 0 aliphatic carbocycles. The maximum atomic E-state index is 5.13. The van der Waals surface area contributed by atoms with Crippen LogP contribution in [0.2, 0.25) is 0 Å². The Hall–Kier alpha value is -1.62. The van der Waals surface area contributed by atoms with E-state index in [1.807, 2.05) is 31.2 Å². The van der Waals surface area contributed by atoms with E-state index in [2.05, 4.69) is 22.8 Å². The molecular formula is C14H21N3OS. The molecule has 2 N–H and O–H groups in total. The lowest BCUT2D eigenvalue weighted by Gasteiger charge is -2.07. The molecule has 0 aromatic heterocycles. The number of unbranched alkanes of at least 4 members (excludes halogenated alkanes) is 1. The summed E-state index contributed by atoms with van der Waals surface area (Å²) in [5.41, 5.74) is 4.75. The second-order valence-corrected chi connectivity index (χ2v) is 4.56. The van der Waals surface area contributed by atoms with Crippen LogP contribution in [0.4, 0.5) is 0 Å². The summed E-state index contributed by atoms with van der Waals surface area (Å²) >= 11 is 5.13. The van der Waals surface area contributed by atoms with Crippen LogP contribution in [0.1, 0.15) is 32.3 Å². The van der Waals surface area contributed by atoms with Crippen LogP contribution in [0.25, 0.3) is 0 Å². The highest BCUT2D eigenvalue weighted by atomic mass is 32.1. The van der Waals surface area contributed by atoms with E-state index in [9.17, 15) is 0 Å². The molecule has 0 atom stereocenters. The molecule has 1 rings (SSSR count). The Morgan fingerprint density at radius 2 is 2.00 bits per heavy atom. The van der Waals surface area contributed by atoms with Gasteiger partial charge < -0.3 is 10.1 Å². The number of hydrogen-bond acceptors (Lipinski definition) is 3. The normalized spacial score (nSPS) is 11.0. The lowest BCUT2D eigenvalue weighted by Crippen LogP contribution is -2.33. The molecule has 0 radical (unpaired) electrons. The molecule has 1 aromatic rings. The predicted octanol–water partition coefficient (Wildman–Crippen LogP) is 2.68. The number of rotatable bonds is 6. The van der Waals surface area contributed by atoms with E-state index in [-0.39, 0.29) is 0 Å². The number of benzene rings is 1. The zero-order chi connectivity index (χ0) is 14.1. The van der Waals surface area contributed by atoms with Crippen molar-refractivity contribution in [1.29, 1.82) is 0 Å². The first-order valence-electron chi connectivity index (χ1n) is 6.40. The molecule has 19 heavy (non-hydrogen) atoms. The van der Waals surface area contributed by atoms with Crippen molar-refractivity contribution in [3.63, 3.8) is 0 Å². The van der Waals surface area contributed by atoms with Crippen molar-refractivity contribution in [1.82, 2.24) is 10.7 Å². The molecule has 0 aliphatic rings. The number of methoxy groups -OCH3 is 1. The first kappa shape index (κ1) is 15.4. The van der Waals surface area contributed by atoms with Gasteiger partial charge in [0.1, 0.15) is 5.75 Å². The van der Waals surface area contributed by atoms with Crippen LogP contribution in [0.5, 0.6) is 5.75 Å². The number of nitrogens with one attached hydrogen (secondary N) is 2. The maximum absolute atomic E-state index is 5.13. The highest BCUT2D eigenvalue weighted by molar-refractivity contribution is 7.80. The van der Waals surface area contributed by atoms with Gasteiger partial charge in [0.2, 0.25) is 0 Å². The van der Waals surface area contributed by atoms with Gasteiger partial charge >= 0.3 is 0 Å². The van der Waals surface area contributed by atoms with E-state index in [4.69, 9.17) is 17.0 Å². The monoisotopic (exact) mass is 279 g/mol. The number of hydrazone groups is 1. The van der Waals surface area contributed by atoms with Crippen LogP contribution in [0.3, 0.4) is 0 Å². The summed E-state index contributed by atoms with van der Waals surface area (Å²) in [5, 5.41) is 7.91. The third-order valence-corrected chi connectivity index (χ3v) is 2.88. The summed E-state index contributed by atoms with van der Waals surface area (Å²) in [5.74, 6) is 0.835. The van der Waals surface area contributed by atoms with E-state index in [0.29, 0.717) is 5.11 Å². The average molecular weight is 279 g/mol. The fourth-order valence-electron chi connectivity index (χ4n) is 1.45. The molecule has 0 spiro atoms. The number of ether oxygens (including phenoxy) is 1. The Labute approximate surface area is 120 Å². The van der Waals surface area contributed by atoms with Crippen molar-refractivity contribution in [2.24, 2.45) is 5.10 Å². The summed E-state index contributed by atoms with van der Waals surface area (Å²) in [6.45, 7) is 4.95. The van der Waals surface area contributed by atoms with Crippen LogP contribution >= 0.6 is 12.2 Å². The second-order valence-electron chi connectivity index (χ2n) is 4.15. The van der Waals surface area contributed by atoms with E-state index in [0.717, 1.165) is 36.4 Å². The van der Waals surface area contributed by atoms with Crippen LogP contribution in [0.15, 0.2) is 29.4 Å². The molecule has 5 heteroatoms. The average Bonchev–Trinajstić information content (AvgIpc) is 2.45. The van der Waals surface area contributed by atoms with E-state index in [1.165, 1.54) is 0 Å². The first-order valence-corrected chi connectivity index (χ1v) is 6.80. The second kappa shape index (κ2) is 8.48. The van der Waals surface area contributed by atoms with Crippen LogP contribution in [-0.2, 0) is 0 Å². The van der Waals surface area contributed by atoms with Gasteiger partial charge in [0.25, 0.3) is 0 Å². The van der Waals surface area contributed by atoms with Gasteiger partial charge in [-0.15, -0.1) is 0 Å². The van der Waals surface area contributed by atoms with Crippen LogP contribution < -0.4 is 15.5 Å². The fraction of sp³-hybridized carbons (Fsp3) is 0.429. The number of nitrogens with zero attached hydrogens (tertiary/aromatic N) is 1. The summed E-state index contributed by atoms with van der Waals surface area (Å²) in [6, 6.07) is 7.75. The van der Waals surface area contributed by atoms with E-state index >= 15 is 0 Å². The number of hydrogen-bond donors (Lipinski definition) is 2. The van der Waals surface area contributed by atoms with Gasteiger partial charge in [0, 0.05) is 6.54 Å². The summed E-state index contributed by atoms with van der Waals surface area (Å²) in [7, 11) is 1.65. The standard InChI is InChI=1S/C14H21N3OS/c1-4-5-10-15-14(19)17-16-11(2)12-6-8-13(18-3)9-7-12/h6-9H,4-5,10H2,1-3H3,(H2,15,17,19)/b16-11-. The summed E-state index contributed by atoms with van der Waals surface area (Å²) < 4.78 is 5.12. The van der Waals surface area contributed by atoms with Crippen molar-refractivity contribution in [2.45, 2.75) is 26.7 Å². The third-order valence-electron chi connectivity index (χ3n) is 2.65. The van der Waals surface area contributed by atoms with Gasteiger partial charge in [-0.05, 0) is 55.4 Å². The predicted molar refractivity (Wildman–Crippen MR) is 83.8 cm³/mol. The minimum atomic E-state index is 0.557. The Bertz CT molecular complexity index is 429. The molecule has 0 amide bonds. The Balaban J connectivity index is 2.49. The van der Waals surface area contributed by atoms with Gasteiger partial charge in [0.05, 0.1) is 12.8 Å². The van der Waals surface area contributed by atoms with Crippen molar-refractivity contribution >= 4 is 23.0 Å². The smallest absolute Gasteiger partial charge is 0.186 e. The SMILES string of the molecule is CCCCNC(=S)N/N=C(/C)c1ccc(OC)cc1. The Morgan fingerprint density at radius 3 is 2.58 bits per heavy atom. The lowest BCUT2D eigenvalue weighted by atomic mass is 10.1. The Morgan fingerprint density at radius 1 is 1.32 bits per heavy atom. The molecule has 0 heterocycles. The van der Waals surface area contributed by atoms with Gasteiger partial charge in [-0.2, -0.15) is 5.10 Å². The summed E-state index contributed by atoms with van der Waals surface area (Å²) in [4.78, 5) is 0. The largest absolute Gasteiger partial charge is 0.497 e. The number of thiocarbonyl (C=S) groups is 1. The topological polar surface area (TPSA) is 45.7 Å². The molecule has 0 bridgehead atoms. The molecule has 0 saturated heterocycles. The molecule has 1 aromatic carbocycles. The molecular weight excluding hydrogens is 258 g/mol. The van der Waals surface area contributed by atoms with Crippen LogP contribution in [0, 0.1) is 0 Å². The van der Waals surface area contributed by atoms with Gasteiger partial charge in [-0.25, -0.2) is 0 Å². The fourth-order valence-corrected chi connectivity index (χ4v) is 1.60. The molecule has 0 aliphatic heterocycles. The molecule has 0 fully saturated rings. The molecule has 104 valence electrons. The quantitative estimate of drug-likeness (QED) is 0.364. The van der Waals surface area contributed by atoms with E-state index < -0.39 is 0 Å². The zero-order valence-corrected chi connectivity index (χ0v) is 12.5. The van der Waals surface area contributed by atoms with Crippen molar-refractivity contribution in [3.05, 3.63) is 29.8 Å². The van der Waals surface area contributed by atoms with E-state index in [1.54, 1.807) is 7.11 Å². The summed E-state index contributed by atoms with van der Waals surface area (Å²) in [6.07, 6.45) is 2.24. The highest BCUT2D eigenvalue weighted by Gasteiger charge is 1.99. The van der Waals surface area contributed by atoms with Gasteiger partial charge in [-0.3, -0.25) is 5.43 Å². The first-order chi connectivity index (χ1) is 9.17. The molecule has 4 nitrogen and oxygen atoms in total. The highest BCUT2D eigenvalue weighted by Crippen LogP contribution is 2.11.